The lowest BCUT2D eigenvalue weighted by Gasteiger charge is -2.23. The molecule has 3 rings (SSSR count). The van der Waals surface area contributed by atoms with E-state index in [1.54, 1.807) is 6.07 Å². The second-order valence-electron chi connectivity index (χ2n) is 8.91. The van der Waals surface area contributed by atoms with Crippen molar-refractivity contribution in [3.8, 4) is 11.4 Å². The Morgan fingerprint density at radius 3 is 2.32 bits per heavy atom. The highest BCUT2D eigenvalue weighted by molar-refractivity contribution is 5.81. The predicted molar refractivity (Wildman–Crippen MR) is 126 cm³/mol. The first kappa shape index (κ1) is 24.9. The molecule has 0 aliphatic rings. The number of aromatic hydroxyl groups is 1. The van der Waals surface area contributed by atoms with Crippen LogP contribution in [0.5, 0.6) is 5.75 Å². The SMILES string of the molecule is C=CC(=O)OCC(O)COC(=O)CCc1cc(-n2nc3ccccc3n2)c(O)c(C(C)(C)C)c1. The zero-order valence-corrected chi connectivity index (χ0v) is 19.5. The number of aliphatic hydroxyl groups excluding tert-OH is 1. The van der Waals surface area contributed by atoms with Crippen molar-refractivity contribution in [1.29, 1.82) is 0 Å². The number of phenols is 1. The molecule has 180 valence electrons. The highest BCUT2D eigenvalue weighted by Gasteiger charge is 2.23. The molecule has 0 radical (unpaired) electrons. The van der Waals surface area contributed by atoms with Crippen LogP contribution in [0.3, 0.4) is 0 Å². The molecule has 0 saturated heterocycles. The maximum atomic E-state index is 12.2. The Hall–Kier alpha value is -3.72. The summed E-state index contributed by atoms with van der Waals surface area (Å²) in [6.45, 7) is 8.63. The molecule has 0 bridgehead atoms. The lowest BCUT2D eigenvalue weighted by molar-refractivity contribution is -0.150. The topological polar surface area (TPSA) is 124 Å². The maximum absolute atomic E-state index is 12.2. The average molecular weight is 468 g/mol. The minimum absolute atomic E-state index is 0.0570. The number of aromatic nitrogens is 3. The number of fused-ring (bicyclic) bond motifs is 1. The van der Waals surface area contributed by atoms with Gasteiger partial charge in [0.15, 0.2) is 0 Å². The molecule has 0 amide bonds. The van der Waals surface area contributed by atoms with Crippen molar-refractivity contribution < 1.29 is 29.3 Å². The van der Waals surface area contributed by atoms with E-state index in [9.17, 15) is 19.8 Å². The minimum atomic E-state index is -1.12. The zero-order chi connectivity index (χ0) is 24.9. The number of benzene rings is 2. The Labute approximate surface area is 197 Å². The number of phenolic OH excluding ortho intramolecular Hbond substituents is 1. The Kier molecular flexibility index (Phi) is 7.68. The van der Waals surface area contributed by atoms with Gasteiger partial charge in [-0.15, -0.1) is 15.0 Å². The fourth-order valence-corrected chi connectivity index (χ4v) is 3.31. The molecule has 2 N–H and O–H groups in total. The molecular weight excluding hydrogens is 438 g/mol. The number of aliphatic hydroxyl groups is 1. The van der Waals surface area contributed by atoms with E-state index in [0.717, 1.165) is 11.6 Å². The number of hydrogen-bond acceptors (Lipinski definition) is 8. The van der Waals surface area contributed by atoms with Crippen molar-refractivity contribution in [2.24, 2.45) is 0 Å². The first-order chi connectivity index (χ1) is 16.1. The molecule has 1 unspecified atom stereocenters. The predicted octanol–water partition coefficient (Wildman–Crippen LogP) is 2.99. The van der Waals surface area contributed by atoms with E-state index in [1.165, 1.54) is 4.80 Å². The highest BCUT2D eigenvalue weighted by atomic mass is 16.6. The molecule has 0 fully saturated rings. The van der Waals surface area contributed by atoms with Gasteiger partial charge in [0.2, 0.25) is 0 Å². The summed E-state index contributed by atoms with van der Waals surface area (Å²) in [5, 5.41) is 29.7. The standard InChI is InChI=1S/C25H29N3O6/c1-5-22(30)33-14-17(29)15-34-23(31)11-10-16-12-18(25(2,3)4)24(32)21(13-16)28-26-19-8-6-7-9-20(19)27-28/h5-9,12-13,17,29,32H,1,10-11,14-15H2,2-4H3. The molecule has 1 aromatic heterocycles. The molecule has 0 aliphatic carbocycles. The Morgan fingerprint density at radius 2 is 1.74 bits per heavy atom. The van der Waals surface area contributed by atoms with E-state index in [1.807, 2.05) is 51.1 Å². The van der Waals surface area contributed by atoms with Crippen LogP contribution in [0.1, 0.15) is 38.3 Å². The van der Waals surface area contributed by atoms with Gasteiger partial charge in [-0.3, -0.25) is 4.79 Å². The Morgan fingerprint density at radius 1 is 1.12 bits per heavy atom. The van der Waals surface area contributed by atoms with Gasteiger partial charge in [0, 0.05) is 18.1 Å². The Balaban J connectivity index is 1.74. The molecule has 0 saturated carbocycles. The fraction of sp³-hybridized carbons (Fsp3) is 0.360. The average Bonchev–Trinajstić information content (AvgIpc) is 3.23. The van der Waals surface area contributed by atoms with Crippen molar-refractivity contribution in [3.05, 3.63) is 60.2 Å². The van der Waals surface area contributed by atoms with E-state index in [0.29, 0.717) is 28.7 Å². The van der Waals surface area contributed by atoms with Crippen molar-refractivity contribution in [2.75, 3.05) is 13.2 Å². The lowest BCUT2D eigenvalue weighted by Crippen LogP contribution is -2.25. The van der Waals surface area contributed by atoms with Gasteiger partial charge in [0.1, 0.15) is 41.8 Å². The molecule has 9 heteroatoms. The third kappa shape index (κ3) is 6.20. The number of carbonyl (C=O) groups is 2. The molecule has 0 spiro atoms. The van der Waals surface area contributed by atoms with E-state index in [4.69, 9.17) is 9.47 Å². The van der Waals surface area contributed by atoms with Crippen LogP contribution in [-0.2, 0) is 30.9 Å². The van der Waals surface area contributed by atoms with Crippen LogP contribution in [-0.4, -0.2) is 56.5 Å². The van der Waals surface area contributed by atoms with Crippen molar-refractivity contribution in [1.82, 2.24) is 15.0 Å². The molecule has 9 nitrogen and oxygen atoms in total. The van der Waals surface area contributed by atoms with Crippen LogP contribution in [0, 0.1) is 0 Å². The smallest absolute Gasteiger partial charge is 0.330 e. The molecule has 1 heterocycles. The maximum Gasteiger partial charge on any atom is 0.330 e. The summed E-state index contributed by atoms with van der Waals surface area (Å²) in [6.07, 6.45) is 0.261. The van der Waals surface area contributed by atoms with Crippen molar-refractivity contribution >= 4 is 23.0 Å². The summed E-state index contributed by atoms with van der Waals surface area (Å²) < 4.78 is 9.79. The van der Waals surface area contributed by atoms with E-state index < -0.39 is 18.0 Å². The van der Waals surface area contributed by atoms with Crippen LogP contribution < -0.4 is 0 Å². The second kappa shape index (κ2) is 10.5. The minimum Gasteiger partial charge on any atom is -0.505 e. The summed E-state index contributed by atoms with van der Waals surface area (Å²) >= 11 is 0. The quantitative estimate of drug-likeness (QED) is 0.364. The van der Waals surface area contributed by atoms with Crippen molar-refractivity contribution in [3.63, 3.8) is 0 Å². The number of nitrogens with zero attached hydrogens (tertiary/aromatic N) is 3. The van der Waals surface area contributed by atoms with Gasteiger partial charge < -0.3 is 19.7 Å². The molecule has 2 aromatic carbocycles. The van der Waals surface area contributed by atoms with Gasteiger partial charge in [-0.05, 0) is 35.6 Å². The van der Waals surface area contributed by atoms with E-state index in [-0.39, 0.29) is 30.8 Å². The number of hydrogen-bond donors (Lipinski definition) is 2. The van der Waals surface area contributed by atoms with Gasteiger partial charge in [-0.25, -0.2) is 4.79 Å². The normalized spacial score (nSPS) is 12.4. The molecule has 0 aliphatic heterocycles. The molecule has 1 atom stereocenters. The summed E-state index contributed by atoms with van der Waals surface area (Å²) in [5.74, 6) is -1.09. The first-order valence-electron chi connectivity index (χ1n) is 10.9. The summed E-state index contributed by atoms with van der Waals surface area (Å²) in [6, 6.07) is 11.0. The monoisotopic (exact) mass is 467 g/mol. The number of ether oxygens (including phenoxy) is 2. The van der Waals surface area contributed by atoms with Crippen LogP contribution >= 0.6 is 0 Å². The third-order valence-electron chi connectivity index (χ3n) is 5.10. The van der Waals surface area contributed by atoms with Crippen LogP contribution in [0.25, 0.3) is 16.7 Å². The first-order valence-corrected chi connectivity index (χ1v) is 10.9. The zero-order valence-electron chi connectivity index (χ0n) is 19.5. The highest BCUT2D eigenvalue weighted by Crippen LogP contribution is 2.36. The molecular formula is C25H29N3O6. The van der Waals surface area contributed by atoms with Gasteiger partial charge in [0.25, 0.3) is 0 Å². The van der Waals surface area contributed by atoms with E-state index in [2.05, 4.69) is 16.8 Å². The summed E-state index contributed by atoms with van der Waals surface area (Å²) in [5.41, 5.74) is 2.96. The number of rotatable bonds is 9. The summed E-state index contributed by atoms with van der Waals surface area (Å²) in [4.78, 5) is 24.6. The number of aryl methyl sites for hydroxylation is 1. The summed E-state index contributed by atoms with van der Waals surface area (Å²) in [7, 11) is 0. The largest absolute Gasteiger partial charge is 0.505 e. The lowest BCUT2D eigenvalue weighted by atomic mass is 9.84. The van der Waals surface area contributed by atoms with Gasteiger partial charge in [-0.2, -0.15) is 0 Å². The molecule has 34 heavy (non-hydrogen) atoms. The molecule has 3 aromatic rings. The van der Waals surface area contributed by atoms with Gasteiger partial charge in [-0.1, -0.05) is 45.5 Å². The van der Waals surface area contributed by atoms with Crippen LogP contribution in [0.2, 0.25) is 0 Å². The second-order valence-corrected chi connectivity index (χ2v) is 8.91. The third-order valence-corrected chi connectivity index (χ3v) is 5.10. The number of esters is 2. The van der Waals surface area contributed by atoms with Gasteiger partial charge >= 0.3 is 11.9 Å². The fourth-order valence-electron chi connectivity index (χ4n) is 3.31. The van der Waals surface area contributed by atoms with Crippen LogP contribution in [0.4, 0.5) is 0 Å². The Bertz CT molecular complexity index is 1160. The van der Waals surface area contributed by atoms with Crippen LogP contribution in [0.15, 0.2) is 49.1 Å². The van der Waals surface area contributed by atoms with Crippen molar-refractivity contribution in [2.45, 2.75) is 45.1 Å². The number of carbonyl (C=O) groups excluding carboxylic acids is 2. The van der Waals surface area contributed by atoms with Gasteiger partial charge in [0.05, 0.1) is 0 Å². The van der Waals surface area contributed by atoms with E-state index >= 15 is 0 Å².